The monoisotopic (exact) mass is 228 g/mol. The van der Waals surface area contributed by atoms with Gasteiger partial charge in [0.05, 0.1) is 5.69 Å². The van der Waals surface area contributed by atoms with Gasteiger partial charge in [-0.05, 0) is 12.0 Å². The fraction of sp³-hybridized carbons (Fsp3) is 0.308. The third-order valence-corrected chi connectivity index (χ3v) is 3.20. The molecule has 4 heteroatoms. The van der Waals surface area contributed by atoms with Crippen LogP contribution in [0.5, 0.6) is 0 Å². The van der Waals surface area contributed by atoms with Crippen LogP contribution in [0.2, 0.25) is 0 Å². The molecule has 1 aromatic heterocycles. The molecule has 1 heterocycles. The van der Waals surface area contributed by atoms with Crippen molar-refractivity contribution in [2.24, 2.45) is 7.05 Å². The predicted molar refractivity (Wildman–Crippen MR) is 68.8 cm³/mol. The van der Waals surface area contributed by atoms with Gasteiger partial charge in [0.15, 0.2) is 5.82 Å². The molecule has 3 N–H and O–H groups in total. The van der Waals surface area contributed by atoms with Crippen molar-refractivity contribution in [1.82, 2.24) is 9.78 Å². The number of nitrogens with one attached hydrogen (secondary N) is 1. The number of hydrogen-bond acceptors (Lipinski definition) is 3. The maximum absolute atomic E-state index is 5.86. The van der Waals surface area contributed by atoms with Gasteiger partial charge in [-0.2, -0.15) is 5.10 Å². The number of rotatable bonds is 3. The zero-order valence-electron chi connectivity index (χ0n) is 9.80. The quantitative estimate of drug-likeness (QED) is 0.844. The molecular weight excluding hydrogens is 212 g/mol. The van der Waals surface area contributed by atoms with Crippen molar-refractivity contribution in [3.05, 3.63) is 42.1 Å². The first-order valence-electron chi connectivity index (χ1n) is 5.84. The molecule has 17 heavy (non-hydrogen) atoms. The zero-order valence-corrected chi connectivity index (χ0v) is 9.80. The van der Waals surface area contributed by atoms with Crippen molar-refractivity contribution < 1.29 is 0 Å². The highest BCUT2D eigenvalue weighted by molar-refractivity contribution is 5.61. The van der Waals surface area contributed by atoms with Gasteiger partial charge in [0.1, 0.15) is 0 Å². The molecule has 0 spiro atoms. The van der Waals surface area contributed by atoms with Gasteiger partial charge in [0.25, 0.3) is 0 Å². The lowest BCUT2D eigenvalue weighted by Crippen LogP contribution is -2.06. The number of hydrogen-bond donors (Lipinski definition) is 2. The Balaban J connectivity index is 1.68. The minimum absolute atomic E-state index is 0.467. The third-order valence-electron chi connectivity index (χ3n) is 3.20. The molecule has 0 aliphatic heterocycles. The lowest BCUT2D eigenvalue weighted by atomic mass is 10.1. The molecule has 1 aromatic carbocycles. The van der Waals surface area contributed by atoms with Crippen LogP contribution in [0, 0.1) is 0 Å². The van der Waals surface area contributed by atoms with Gasteiger partial charge in [-0.25, -0.2) is 0 Å². The molecule has 0 bridgehead atoms. The van der Waals surface area contributed by atoms with E-state index in [2.05, 4.69) is 34.7 Å². The van der Waals surface area contributed by atoms with Gasteiger partial charge < -0.3 is 11.1 Å². The summed E-state index contributed by atoms with van der Waals surface area (Å²) >= 11 is 0. The molecule has 1 saturated carbocycles. The molecule has 4 nitrogen and oxygen atoms in total. The second-order valence-corrected chi connectivity index (χ2v) is 4.61. The van der Waals surface area contributed by atoms with E-state index >= 15 is 0 Å². The van der Waals surface area contributed by atoms with Crippen molar-refractivity contribution in [3.8, 4) is 0 Å². The SMILES string of the molecule is Cn1cc(N)c(NC2CC2c2ccccc2)n1. The Kier molecular flexibility index (Phi) is 2.28. The van der Waals surface area contributed by atoms with Gasteiger partial charge in [0, 0.05) is 25.2 Å². The van der Waals surface area contributed by atoms with Crippen LogP contribution < -0.4 is 11.1 Å². The summed E-state index contributed by atoms with van der Waals surface area (Å²) in [6, 6.07) is 11.0. The van der Waals surface area contributed by atoms with E-state index in [0.29, 0.717) is 17.6 Å². The lowest BCUT2D eigenvalue weighted by Gasteiger charge is -2.03. The average Bonchev–Trinajstić information content (AvgIpc) is 3.01. The van der Waals surface area contributed by atoms with Crippen molar-refractivity contribution >= 4 is 11.5 Å². The summed E-state index contributed by atoms with van der Waals surface area (Å²) in [5.74, 6) is 1.40. The fourth-order valence-electron chi connectivity index (χ4n) is 2.22. The lowest BCUT2D eigenvalue weighted by molar-refractivity contribution is 0.768. The van der Waals surface area contributed by atoms with E-state index in [1.54, 1.807) is 4.68 Å². The Morgan fingerprint density at radius 1 is 1.35 bits per heavy atom. The third kappa shape index (κ3) is 1.98. The maximum atomic E-state index is 5.86. The Hall–Kier alpha value is -1.97. The summed E-state index contributed by atoms with van der Waals surface area (Å²) in [5, 5.41) is 7.70. The molecule has 1 fully saturated rings. The first-order chi connectivity index (χ1) is 8.24. The molecule has 88 valence electrons. The highest BCUT2D eigenvalue weighted by Gasteiger charge is 2.38. The van der Waals surface area contributed by atoms with Gasteiger partial charge in [-0.3, -0.25) is 4.68 Å². The highest BCUT2D eigenvalue weighted by atomic mass is 15.3. The second kappa shape index (κ2) is 3.80. The summed E-state index contributed by atoms with van der Waals surface area (Å²) in [4.78, 5) is 0. The van der Waals surface area contributed by atoms with Crippen LogP contribution in [0.4, 0.5) is 11.5 Å². The van der Waals surface area contributed by atoms with Gasteiger partial charge in [-0.1, -0.05) is 30.3 Å². The normalized spacial score (nSPS) is 22.4. The summed E-state index contributed by atoms with van der Waals surface area (Å²) in [7, 11) is 1.88. The van der Waals surface area contributed by atoms with E-state index in [1.165, 1.54) is 5.56 Å². The Labute approximate surface area is 100 Å². The largest absolute Gasteiger partial charge is 0.394 e. The molecular formula is C13H16N4. The first-order valence-corrected chi connectivity index (χ1v) is 5.84. The average molecular weight is 228 g/mol. The van der Waals surface area contributed by atoms with Crippen LogP contribution in [0.1, 0.15) is 17.9 Å². The van der Waals surface area contributed by atoms with Gasteiger partial charge >= 0.3 is 0 Å². The molecule has 3 rings (SSSR count). The minimum Gasteiger partial charge on any atom is -0.394 e. The molecule has 0 radical (unpaired) electrons. The number of nitrogens with zero attached hydrogens (tertiary/aromatic N) is 2. The molecule has 2 aromatic rings. The smallest absolute Gasteiger partial charge is 0.171 e. The molecule has 1 aliphatic rings. The van der Waals surface area contributed by atoms with Crippen LogP contribution in [-0.2, 0) is 7.05 Å². The summed E-state index contributed by atoms with van der Waals surface area (Å²) < 4.78 is 1.73. The second-order valence-electron chi connectivity index (χ2n) is 4.61. The van der Waals surface area contributed by atoms with Crippen molar-refractivity contribution in [2.45, 2.75) is 18.4 Å². The minimum atomic E-state index is 0.467. The molecule has 1 aliphatic carbocycles. The summed E-state index contributed by atoms with van der Waals surface area (Å²) in [6.07, 6.45) is 2.97. The number of aromatic nitrogens is 2. The van der Waals surface area contributed by atoms with E-state index in [1.807, 2.05) is 19.3 Å². The highest BCUT2D eigenvalue weighted by Crippen LogP contribution is 2.42. The molecule has 2 atom stereocenters. The summed E-state index contributed by atoms with van der Waals surface area (Å²) in [5.41, 5.74) is 7.96. The van der Waals surface area contributed by atoms with E-state index in [-0.39, 0.29) is 0 Å². The fourth-order valence-corrected chi connectivity index (χ4v) is 2.22. The van der Waals surface area contributed by atoms with Crippen molar-refractivity contribution in [2.75, 3.05) is 11.1 Å². The van der Waals surface area contributed by atoms with Gasteiger partial charge in [0.2, 0.25) is 0 Å². The van der Waals surface area contributed by atoms with E-state index in [0.717, 1.165) is 12.2 Å². The number of aryl methyl sites for hydroxylation is 1. The number of benzene rings is 1. The van der Waals surface area contributed by atoms with E-state index < -0.39 is 0 Å². The zero-order chi connectivity index (χ0) is 11.8. The summed E-state index contributed by atoms with van der Waals surface area (Å²) in [6.45, 7) is 0. The van der Waals surface area contributed by atoms with Gasteiger partial charge in [-0.15, -0.1) is 0 Å². The maximum Gasteiger partial charge on any atom is 0.171 e. The molecule has 2 unspecified atom stereocenters. The molecule has 0 saturated heterocycles. The van der Waals surface area contributed by atoms with Crippen LogP contribution in [0.15, 0.2) is 36.5 Å². The number of anilines is 2. The first kappa shape index (κ1) is 10.2. The number of nitrogens with two attached hydrogens (primary N) is 1. The van der Waals surface area contributed by atoms with Crippen LogP contribution >= 0.6 is 0 Å². The molecule has 0 amide bonds. The number of nitrogen functional groups attached to an aromatic ring is 1. The predicted octanol–water partition coefficient (Wildman–Crippen LogP) is 1.97. The topological polar surface area (TPSA) is 55.9 Å². The Morgan fingerprint density at radius 3 is 2.76 bits per heavy atom. The Morgan fingerprint density at radius 2 is 2.12 bits per heavy atom. The standard InChI is InChI=1S/C13H16N4/c1-17-8-11(14)13(16-17)15-12-7-10(12)9-5-3-2-4-6-9/h2-6,8,10,12H,7,14H2,1H3,(H,15,16). The van der Waals surface area contributed by atoms with Crippen LogP contribution in [0.25, 0.3) is 0 Å². The van der Waals surface area contributed by atoms with E-state index in [9.17, 15) is 0 Å². The van der Waals surface area contributed by atoms with E-state index in [4.69, 9.17) is 5.73 Å². The van der Waals surface area contributed by atoms with Crippen molar-refractivity contribution in [3.63, 3.8) is 0 Å². The Bertz CT molecular complexity index is 517. The van der Waals surface area contributed by atoms with Crippen LogP contribution in [0.3, 0.4) is 0 Å². The van der Waals surface area contributed by atoms with Crippen LogP contribution in [-0.4, -0.2) is 15.8 Å². The van der Waals surface area contributed by atoms with Crippen molar-refractivity contribution in [1.29, 1.82) is 0 Å².